The van der Waals surface area contributed by atoms with Gasteiger partial charge >= 0.3 is 0 Å². The lowest BCUT2D eigenvalue weighted by molar-refractivity contribution is 0.0971. The monoisotopic (exact) mass is 481 g/mol. The van der Waals surface area contributed by atoms with Crippen LogP contribution in [0, 0.1) is 13.8 Å². The van der Waals surface area contributed by atoms with Crippen molar-refractivity contribution in [2.24, 2.45) is 0 Å². The molecule has 4 aromatic rings. The fourth-order valence-electron chi connectivity index (χ4n) is 4.86. The van der Waals surface area contributed by atoms with Crippen LogP contribution in [0.1, 0.15) is 71.5 Å². The molecule has 1 amide bonds. The molecular weight excluding hydrogens is 450 g/mol. The largest absolute Gasteiger partial charge is 0.494 e. The van der Waals surface area contributed by atoms with Gasteiger partial charge in [0.05, 0.1) is 23.6 Å². The Balaban J connectivity index is 1.58. The number of anilines is 1. The van der Waals surface area contributed by atoms with Crippen LogP contribution in [0.4, 0.5) is 5.69 Å². The zero-order valence-electron chi connectivity index (χ0n) is 21.0. The van der Waals surface area contributed by atoms with E-state index in [1.165, 1.54) is 12.8 Å². The normalized spacial score (nSPS) is 14.9. The van der Waals surface area contributed by atoms with Crippen LogP contribution in [0.25, 0.3) is 11.0 Å². The number of nitrogens with zero attached hydrogens (tertiary/aromatic N) is 1. The molecule has 5 heteroatoms. The molecule has 0 saturated heterocycles. The number of ether oxygens (including phenoxy) is 1. The minimum absolute atomic E-state index is 0.112. The van der Waals surface area contributed by atoms with Crippen molar-refractivity contribution < 1.29 is 13.9 Å². The molecule has 1 aliphatic heterocycles. The molecule has 0 radical (unpaired) electrons. The molecule has 5 nitrogen and oxygen atoms in total. The third-order valence-corrected chi connectivity index (χ3v) is 6.98. The zero-order chi connectivity index (χ0) is 25.2. The van der Waals surface area contributed by atoms with Gasteiger partial charge < -0.3 is 9.15 Å². The molecule has 0 fully saturated rings. The Morgan fingerprint density at radius 2 is 1.61 bits per heavy atom. The van der Waals surface area contributed by atoms with Crippen molar-refractivity contribution in [2.45, 2.75) is 52.5 Å². The summed E-state index contributed by atoms with van der Waals surface area (Å²) in [6.45, 7) is 6.81. The average molecular weight is 482 g/mol. The van der Waals surface area contributed by atoms with Crippen molar-refractivity contribution in [3.05, 3.63) is 105 Å². The predicted molar refractivity (Wildman–Crippen MR) is 143 cm³/mol. The van der Waals surface area contributed by atoms with E-state index in [-0.39, 0.29) is 17.1 Å². The summed E-state index contributed by atoms with van der Waals surface area (Å²) in [5, 5.41) is 0.497. The number of rotatable bonds is 8. The lowest BCUT2D eigenvalue weighted by Crippen LogP contribution is -2.29. The number of amides is 1. The van der Waals surface area contributed by atoms with E-state index in [0.717, 1.165) is 35.3 Å². The third kappa shape index (κ3) is 4.30. The first-order valence-electron chi connectivity index (χ1n) is 12.7. The molecule has 184 valence electrons. The second-order valence-corrected chi connectivity index (χ2v) is 9.50. The Bertz CT molecular complexity index is 1450. The standard InChI is InChI=1S/C31H31NO4/c1-4-5-6-10-17-35-24-15-13-22(14-16-24)28-27-29(33)25-18-20(2)21(3)19-26(25)36-30(27)31(34)32(28)23-11-8-7-9-12-23/h7-9,11-16,18-19,28H,4-6,10,17H2,1-3H3. The summed E-state index contributed by atoms with van der Waals surface area (Å²) >= 11 is 0. The van der Waals surface area contributed by atoms with Crippen molar-refractivity contribution in [1.82, 2.24) is 0 Å². The smallest absolute Gasteiger partial charge is 0.295 e. The third-order valence-electron chi connectivity index (χ3n) is 6.98. The second-order valence-electron chi connectivity index (χ2n) is 9.50. The van der Waals surface area contributed by atoms with Crippen molar-refractivity contribution in [1.29, 1.82) is 0 Å². The lowest BCUT2D eigenvalue weighted by Gasteiger charge is -2.25. The summed E-state index contributed by atoms with van der Waals surface area (Å²) in [5.41, 5.74) is 4.23. The van der Waals surface area contributed by atoms with Crippen molar-refractivity contribution >= 4 is 22.6 Å². The van der Waals surface area contributed by atoms with Crippen molar-refractivity contribution in [2.75, 3.05) is 11.5 Å². The molecule has 0 saturated carbocycles. The maximum atomic E-state index is 13.8. The van der Waals surface area contributed by atoms with Crippen LogP contribution in [-0.4, -0.2) is 12.5 Å². The average Bonchev–Trinajstić information content (AvgIpc) is 3.18. The van der Waals surface area contributed by atoms with Crippen LogP contribution in [0.5, 0.6) is 5.75 Å². The van der Waals surface area contributed by atoms with E-state index in [4.69, 9.17) is 9.15 Å². The number of carbonyl (C=O) groups is 1. The quantitative estimate of drug-likeness (QED) is 0.251. The molecule has 36 heavy (non-hydrogen) atoms. The van der Waals surface area contributed by atoms with E-state index >= 15 is 0 Å². The van der Waals surface area contributed by atoms with Crippen LogP contribution in [0.3, 0.4) is 0 Å². The zero-order valence-corrected chi connectivity index (χ0v) is 21.0. The molecule has 1 aliphatic rings. The Kier molecular flexibility index (Phi) is 6.64. The van der Waals surface area contributed by atoms with E-state index in [1.54, 1.807) is 4.90 Å². The summed E-state index contributed by atoms with van der Waals surface area (Å²) in [6.07, 6.45) is 4.58. The van der Waals surface area contributed by atoms with Gasteiger partial charge in [-0.25, -0.2) is 0 Å². The molecular formula is C31H31NO4. The fraction of sp³-hybridized carbons (Fsp3) is 0.290. The molecule has 1 aromatic heterocycles. The Labute approximate surface area is 211 Å². The second kappa shape index (κ2) is 10.0. The predicted octanol–water partition coefficient (Wildman–Crippen LogP) is 7.12. The Morgan fingerprint density at radius 1 is 0.889 bits per heavy atom. The van der Waals surface area contributed by atoms with Gasteiger partial charge in [-0.2, -0.15) is 0 Å². The summed E-state index contributed by atoms with van der Waals surface area (Å²) in [5.74, 6) is 0.582. The van der Waals surface area contributed by atoms with Gasteiger partial charge in [0.2, 0.25) is 5.76 Å². The van der Waals surface area contributed by atoms with E-state index in [9.17, 15) is 9.59 Å². The highest BCUT2D eigenvalue weighted by Crippen LogP contribution is 2.41. The fourth-order valence-corrected chi connectivity index (χ4v) is 4.86. The molecule has 1 unspecified atom stereocenters. The minimum atomic E-state index is -0.587. The van der Waals surface area contributed by atoms with E-state index in [2.05, 4.69) is 6.92 Å². The molecule has 0 spiro atoms. The molecule has 3 aromatic carbocycles. The van der Waals surface area contributed by atoms with Gasteiger partial charge in [0, 0.05) is 5.69 Å². The first-order valence-corrected chi connectivity index (χ1v) is 12.7. The van der Waals surface area contributed by atoms with Gasteiger partial charge in [-0.3, -0.25) is 14.5 Å². The first-order chi connectivity index (χ1) is 17.5. The maximum absolute atomic E-state index is 13.8. The summed E-state index contributed by atoms with van der Waals surface area (Å²) in [7, 11) is 0. The van der Waals surface area contributed by atoms with Gasteiger partial charge in [-0.05, 0) is 73.4 Å². The number of fused-ring (bicyclic) bond motifs is 2. The van der Waals surface area contributed by atoms with Crippen LogP contribution < -0.4 is 15.1 Å². The minimum Gasteiger partial charge on any atom is -0.494 e. The highest BCUT2D eigenvalue weighted by Gasteiger charge is 2.43. The molecule has 0 aliphatic carbocycles. The van der Waals surface area contributed by atoms with E-state index in [1.807, 2.05) is 80.6 Å². The van der Waals surface area contributed by atoms with Gasteiger partial charge in [-0.15, -0.1) is 0 Å². The first kappa shape index (κ1) is 23.9. The van der Waals surface area contributed by atoms with E-state index < -0.39 is 6.04 Å². The number of aryl methyl sites for hydroxylation is 2. The topological polar surface area (TPSA) is 59.8 Å². The van der Waals surface area contributed by atoms with Crippen molar-refractivity contribution in [3.63, 3.8) is 0 Å². The number of unbranched alkanes of at least 4 members (excludes halogenated alkanes) is 3. The molecule has 5 rings (SSSR count). The highest BCUT2D eigenvalue weighted by molar-refractivity contribution is 6.10. The number of hydrogen-bond acceptors (Lipinski definition) is 4. The summed E-state index contributed by atoms with van der Waals surface area (Å²) < 4.78 is 12.0. The lowest BCUT2D eigenvalue weighted by atomic mass is 9.97. The van der Waals surface area contributed by atoms with Crippen LogP contribution in [-0.2, 0) is 0 Å². The van der Waals surface area contributed by atoms with Gasteiger partial charge in [-0.1, -0.05) is 56.5 Å². The van der Waals surface area contributed by atoms with Crippen LogP contribution in [0.15, 0.2) is 75.9 Å². The summed E-state index contributed by atoms with van der Waals surface area (Å²) in [6, 6.07) is 20.2. The Morgan fingerprint density at radius 3 is 2.33 bits per heavy atom. The molecule has 2 heterocycles. The number of hydrogen-bond donors (Lipinski definition) is 0. The number of para-hydroxylation sites is 1. The summed E-state index contributed by atoms with van der Waals surface area (Å²) in [4.78, 5) is 29.2. The van der Waals surface area contributed by atoms with Gasteiger partial charge in [0.15, 0.2) is 5.43 Å². The van der Waals surface area contributed by atoms with Gasteiger partial charge in [0.25, 0.3) is 5.91 Å². The SMILES string of the molecule is CCCCCCOc1ccc(C2c3c(oc4cc(C)c(C)cc4c3=O)C(=O)N2c2ccccc2)cc1. The van der Waals surface area contributed by atoms with Crippen LogP contribution in [0.2, 0.25) is 0 Å². The molecule has 0 bridgehead atoms. The maximum Gasteiger partial charge on any atom is 0.295 e. The van der Waals surface area contributed by atoms with Crippen molar-refractivity contribution in [3.8, 4) is 5.75 Å². The van der Waals surface area contributed by atoms with Gasteiger partial charge in [0.1, 0.15) is 11.3 Å². The number of carbonyl (C=O) groups excluding carboxylic acids is 1. The van der Waals surface area contributed by atoms with Crippen LogP contribution >= 0.6 is 0 Å². The highest BCUT2D eigenvalue weighted by atomic mass is 16.5. The van der Waals surface area contributed by atoms with E-state index in [0.29, 0.717) is 28.8 Å². The number of benzene rings is 3. The Hall–Kier alpha value is -3.86. The molecule has 1 atom stereocenters. The molecule has 0 N–H and O–H groups in total.